The number of aromatic carboxylic acids is 1. The number of carboxylic acid groups (broad SMARTS) is 1. The molecule has 2 N–H and O–H groups in total. The number of benzene rings is 2. The first kappa shape index (κ1) is 18.2. The largest absolute Gasteiger partial charge is 0.508 e. The van der Waals surface area contributed by atoms with Crippen molar-refractivity contribution in [2.45, 2.75) is 19.8 Å². The molecule has 0 radical (unpaired) electrons. The molecule has 0 aliphatic rings. The molecule has 5 nitrogen and oxygen atoms in total. The predicted molar refractivity (Wildman–Crippen MR) is 86.7 cm³/mol. The molecule has 0 unspecified atom stereocenters. The maximum atomic E-state index is 11.3. The van der Waals surface area contributed by atoms with Crippen molar-refractivity contribution in [1.29, 1.82) is 0 Å². The van der Waals surface area contributed by atoms with Crippen molar-refractivity contribution >= 4 is 11.9 Å². The van der Waals surface area contributed by atoms with Gasteiger partial charge < -0.3 is 14.9 Å². The summed E-state index contributed by atoms with van der Waals surface area (Å²) in [6.45, 7) is 2.49. The van der Waals surface area contributed by atoms with E-state index in [1.54, 1.807) is 42.5 Å². The third-order valence-corrected chi connectivity index (χ3v) is 2.85. The highest BCUT2D eigenvalue weighted by atomic mass is 16.5. The van der Waals surface area contributed by atoms with Gasteiger partial charge in [0.2, 0.25) is 0 Å². The standard InChI is InChI=1S/C11H14O3.C7H6O2/c1-2-3-8-14-11(13)9-4-6-10(12)7-5-9;8-7(9)6-4-2-1-3-5-6/h4-7,12H,2-3,8H2,1H3;1-5H,(H,8,9). The van der Waals surface area contributed by atoms with Crippen LogP contribution in [0.15, 0.2) is 54.6 Å². The molecule has 2 aromatic rings. The summed E-state index contributed by atoms with van der Waals surface area (Å²) in [6, 6.07) is 14.3. The zero-order valence-electron chi connectivity index (χ0n) is 12.9. The van der Waals surface area contributed by atoms with Crippen molar-refractivity contribution in [1.82, 2.24) is 0 Å². The minimum absolute atomic E-state index is 0.148. The van der Waals surface area contributed by atoms with E-state index in [0.717, 1.165) is 12.8 Å². The van der Waals surface area contributed by atoms with Gasteiger partial charge in [0.15, 0.2) is 0 Å². The molecule has 23 heavy (non-hydrogen) atoms. The summed E-state index contributed by atoms with van der Waals surface area (Å²) in [4.78, 5) is 21.5. The predicted octanol–water partition coefficient (Wildman–Crippen LogP) is 3.73. The van der Waals surface area contributed by atoms with E-state index in [0.29, 0.717) is 17.7 Å². The van der Waals surface area contributed by atoms with Crippen molar-refractivity contribution in [2.75, 3.05) is 6.61 Å². The lowest BCUT2D eigenvalue weighted by Gasteiger charge is -2.03. The zero-order chi connectivity index (χ0) is 17.1. The van der Waals surface area contributed by atoms with Gasteiger partial charge in [-0.15, -0.1) is 0 Å². The lowest BCUT2D eigenvalue weighted by molar-refractivity contribution is 0.0499. The number of hydrogen-bond acceptors (Lipinski definition) is 4. The molecule has 0 atom stereocenters. The smallest absolute Gasteiger partial charge is 0.338 e. The Bertz CT molecular complexity index is 605. The van der Waals surface area contributed by atoms with Crippen molar-refractivity contribution in [3.63, 3.8) is 0 Å². The lowest BCUT2D eigenvalue weighted by Crippen LogP contribution is -2.05. The van der Waals surface area contributed by atoms with Gasteiger partial charge in [-0.25, -0.2) is 9.59 Å². The van der Waals surface area contributed by atoms with Gasteiger partial charge in [0.25, 0.3) is 0 Å². The maximum Gasteiger partial charge on any atom is 0.338 e. The number of hydrogen-bond donors (Lipinski definition) is 2. The fraction of sp³-hybridized carbons (Fsp3) is 0.222. The number of phenolic OH excluding ortho intramolecular Hbond substituents is 1. The third-order valence-electron chi connectivity index (χ3n) is 2.85. The molecule has 5 heteroatoms. The highest BCUT2D eigenvalue weighted by Crippen LogP contribution is 2.10. The van der Waals surface area contributed by atoms with Crippen LogP contribution in [0.1, 0.15) is 40.5 Å². The van der Waals surface area contributed by atoms with E-state index < -0.39 is 5.97 Å². The second kappa shape index (κ2) is 10.00. The van der Waals surface area contributed by atoms with Gasteiger partial charge in [0, 0.05) is 0 Å². The Hall–Kier alpha value is -2.82. The van der Waals surface area contributed by atoms with Crippen LogP contribution in [0.3, 0.4) is 0 Å². The van der Waals surface area contributed by atoms with Gasteiger partial charge in [0.1, 0.15) is 5.75 Å². The minimum Gasteiger partial charge on any atom is -0.508 e. The first-order valence-corrected chi connectivity index (χ1v) is 7.29. The second-order valence-electron chi connectivity index (χ2n) is 4.71. The number of carbonyl (C=O) groups excluding carboxylic acids is 1. The lowest BCUT2D eigenvalue weighted by atomic mass is 10.2. The topological polar surface area (TPSA) is 83.8 Å². The molecule has 0 saturated heterocycles. The molecule has 122 valence electrons. The van der Waals surface area contributed by atoms with Crippen molar-refractivity contribution in [2.24, 2.45) is 0 Å². The molecule has 0 heterocycles. The van der Waals surface area contributed by atoms with E-state index in [1.165, 1.54) is 12.1 Å². The Morgan fingerprint density at radius 1 is 0.957 bits per heavy atom. The Morgan fingerprint density at radius 2 is 1.57 bits per heavy atom. The molecule has 0 bridgehead atoms. The number of phenols is 1. The summed E-state index contributed by atoms with van der Waals surface area (Å²) in [5, 5.41) is 17.4. The fourth-order valence-electron chi connectivity index (χ4n) is 1.57. The fourth-order valence-corrected chi connectivity index (χ4v) is 1.57. The van der Waals surface area contributed by atoms with Gasteiger partial charge in [-0.2, -0.15) is 0 Å². The molecule has 0 aliphatic heterocycles. The summed E-state index contributed by atoms with van der Waals surface area (Å²) in [5.41, 5.74) is 0.802. The molecular formula is C18H20O5. The SMILES string of the molecule is CCCCOC(=O)c1ccc(O)cc1.O=C(O)c1ccccc1. The third kappa shape index (κ3) is 7.13. The highest BCUT2D eigenvalue weighted by Gasteiger charge is 2.05. The normalized spacial score (nSPS) is 9.43. The number of aromatic hydroxyl groups is 1. The van der Waals surface area contributed by atoms with E-state index in [-0.39, 0.29) is 11.7 Å². The summed E-state index contributed by atoms with van der Waals surface area (Å²) in [5.74, 6) is -1.07. The van der Waals surface area contributed by atoms with Crippen molar-refractivity contribution in [3.8, 4) is 5.75 Å². The van der Waals surface area contributed by atoms with E-state index in [4.69, 9.17) is 14.9 Å². The van der Waals surface area contributed by atoms with E-state index in [2.05, 4.69) is 0 Å². The average molecular weight is 316 g/mol. The summed E-state index contributed by atoms with van der Waals surface area (Å²) in [6.07, 6.45) is 1.88. The number of unbranched alkanes of at least 4 members (excludes halogenated alkanes) is 1. The second-order valence-corrected chi connectivity index (χ2v) is 4.71. The Labute approximate surface area is 135 Å². The molecule has 0 spiro atoms. The molecular weight excluding hydrogens is 296 g/mol. The van der Waals surface area contributed by atoms with E-state index in [1.807, 2.05) is 6.92 Å². The molecule has 0 aromatic heterocycles. The number of carbonyl (C=O) groups is 2. The highest BCUT2D eigenvalue weighted by molar-refractivity contribution is 5.89. The molecule has 0 fully saturated rings. The monoisotopic (exact) mass is 316 g/mol. The van der Waals surface area contributed by atoms with Gasteiger partial charge in [-0.05, 0) is 42.8 Å². The van der Waals surface area contributed by atoms with E-state index in [9.17, 15) is 9.59 Å². The van der Waals surface area contributed by atoms with E-state index >= 15 is 0 Å². The number of ether oxygens (including phenoxy) is 1. The summed E-state index contributed by atoms with van der Waals surface area (Å²) in [7, 11) is 0. The summed E-state index contributed by atoms with van der Waals surface area (Å²) < 4.78 is 4.99. The van der Waals surface area contributed by atoms with Crippen LogP contribution in [-0.2, 0) is 4.74 Å². The molecule has 0 saturated carbocycles. The van der Waals surface area contributed by atoms with Crippen LogP contribution in [0.5, 0.6) is 5.75 Å². The molecule has 0 amide bonds. The Morgan fingerprint density at radius 3 is 2.04 bits per heavy atom. The summed E-state index contributed by atoms with van der Waals surface area (Å²) >= 11 is 0. The molecule has 0 aliphatic carbocycles. The van der Waals surface area contributed by atoms with Gasteiger partial charge >= 0.3 is 11.9 Å². The van der Waals surface area contributed by atoms with Crippen LogP contribution >= 0.6 is 0 Å². The van der Waals surface area contributed by atoms with Crippen LogP contribution < -0.4 is 0 Å². The van der Waals surface area contributed by atoms with Gasteiger partial charge in [0.05, 0.1) is 17.7 Å². The molecule has 2 aromatic carbocycles. The van der Waals surface area contributed by atoms with Crippen molar-refractivity contribution in [3.05, 3.63) is 65.7 Å². The van der Waals surface area contributed by atoms with Crippen LogP contribution in [0, 0.1) is 0 Å². The first-order valence-electron chi connectivity index (χ1n) is 7.29. The Kier molecular flexibility index (Phi) is 7.92. The van der Waals surface area contributed by atoms with Crippen LogP contribution in [0.2, 0.25) is 0 Å². The first-order chi connectivity index (χ1) is 11.0. The number of esters is 1. The van der Waals surface area contributed by atoms with Gasteiger partial charge in [-0.3, -0.25) is 0 Å². The average Bonchev–Trinajstić information content (AvgIpc) is 2.57. The maximum absolute atomic E-state index is 11.3. The molecule has 2 rings (SSSR count). The van der Waals surface area contributed by atoms with Crippen LogP contribution in [0.25, 0.3) is 0 Å². The zero-order valence-corrected chi connectivity index (χ0v) is 12.9. The van der Waals surface area contributed by atoms with Gasteiger partial charge in [-0.1, -0.05) is 31.5 Å². The number of carboxylic acids is 1. The Balaban J connectivity index is 0.000000253. The van der Waals surface area contributed by atoms with Crippen molar-refractivity contribution < 1.29 is 24.5 Å². The minimum atomic E-state index is -0.879. The number of rotatable bonds is 5. The quantitative estimate of drug-likeness (QED) is 0.648. The van der Waals surface area contributed by atoms with Crippen LogP contribution in [0.4, 0.5) is 0 Å². The van der Waals surface area contributed by atoms with Crippen LogP contribution in [-0.4, -0.2) is 28.8 Å².